The lowest BCUT2D eigenvalue weighted by Gasteiger charge is -2.10. The van der Waals surface area contributed by atoms with Crippen LogP contribution in [0.4, 0.5) is 13.2 Å². The maximum Gasteiger partial charge on any atom is 0.573 e. The number of nitrogens with zero attached hydrogens (tertiary/aromatic N) is 1. The van der Waals surface area contributed by atoms with Crippen LogP contribution < -0.4 is 4.74 Å². The third-order valence-electron chi connectivity index (χ3n) is 4.79. The summed E-state index contributed by atoms with van der Waals surface area (Å²) in [6, 6.07) is 24.3. The van der Waals surface area contributed by atoms with E-state index < -0.39 is 6.36 Å². The fourth-order valence-corrected chi connectivity index (χ4v) is 3.43. The summed E-state index contributed by atoms with van der Waals surface area (Å²) in [5.74, 6) is -0.221. The highest BCUT2D eigenvalue weighted by Crippen LogP contribution is 2.33. The van der Waals surface area contributed by atoms with Crippen molar-refractivity contribution in [3.05, 3.63) is 90.0 Å². The molecule has 28 heavy (non-hydrogen) atoms. The molecule has 0 spiro atoms. The summed E-state index contributed by atoms with van der Waals surface area (Å²) >= 11 is 0. The van der Waals surface area contributed by atoms with E-state index in [-0.39, 0.29) is 11.8 Å². The average molecular weight is 381 g/mol. The molecule has 0 bridgehead atoms. The highest BCUT2D eigenvalue weighted by molar-refractivity contribution is 6.01. The molecule has 1 unspecified atom stereocenters. The number of ether oxygens (including phenoxy) is 1. The Balaban J connectivity index is 1.48. The molecule has 3 aromatic rings. The minimum absolute atomic E-state index is 0.145. The van der Waals surface area contributed by atoms with Crippen molar-refractivity contribution in [2.24, 2.45) is 4.99 Å². The second-order valence-electron chi connectivity index (χ2n) is 6.69. The van der Waals surface area contributed by atoms with E-state index in [1.807, 2.05) is 42.5 Å². The summed E-state index contributed by atoms with van der Waals surface area (Å²) < 4.78 is 40.7. The van der Waals surface area contributed by atoms with Gasteiger partial charge >= 0.3 is 6.36 Å². The first-order valence-corrected chi connectivity index (χ1v) is 9.06. The van der Waals surface area contributed by atoms with Crippen molar-refractivity contribution in [3.8, 4) is 16.9 Å². The van der Waals surface area contributed by atoms with Gasteiger partial charge in [-0.15, -0.1) is 13.2 Å². The van der Waals surface area contributed by atoms with Crippen LogP contribution in [-0.2, 0) is 0 Å². The van der Waals surface area contributed by atoms with E-state index in [0.717, 1.165) is 35.2 Å². The van der Waals surface area contributed by atoms with E-state index in [4.69, 9.17) is 4.99 Å². The predicted molar refractivity (Wildman–Crippen MR) is 104 cm³/mol. The lowest BCUT2D eigenvalue weighted by atomic mass is 9.99. The standard InChI is InChI=1S/C23H18F3NO/c24-23(25,26)28-20-12-10-17(11-13-20)16-6-8-19(9-7-16)22-15-14-21(27-22)18-4-2-1-3-5-18/h1-13,22H,14-15H2. The molecule has 0 amide bonds. The molecule has 0 fully saturated rings. The van der Waals surface area contributed by atoms with Gasteiger partial charge < -0.3 is 4.74 Å². The number of alkyl halides is 3. The molecule has 5 heteroatoms. The Morgan fingerprint density at radius 1 is 0.750 bits per heavy atom. The van der Waals surface area contributed by atoms with Gasteiger partial charge in [0, 0.05) is 5.71 Å². The third-order valence-corrected chi connectivity index (χ3v) is 4.79. The number of benzene rings is 3. The minimum atomic E-state index is -4.68. The van der Waals surface area contributed by atoms with E-state index in [1.165, 1.54) is 17.7 Å². The van der Waals surface area contributed by atoms with Crippen LogP contribution in [0.25, 0.3) is 11.1 Å². The Morgan fingerprint density at radius 3 is 1.96 bits per heavy atom. The molecular weight excluding hydrogens is 363 g/mol. The SMILES string of the molecule is FC(F)(F)Oc1ccc(-c2ccc(C3CCC(c4ccccc4)=N3)cc2)cc1. The first kappa shape index (κ1) is 18.3. The largest absolute Gasteiger partial charge is 0.573 e. The quantitative estimate of drug-likeness (QED) is 0.500. The van der Waals surface area contributed by atoms with Crippen LogP contribution in [0.15, 0.2) is 83.9 Å². The van der Waals surface area contributed by atoms with Crippen molar-refractivity contribution in [1.29, 1.82) is 0 Å². The topological polar surface area (TPSA) is 21.6 Å². The van der Waals surface area contributed by atoms with E-state index in [0.29, 0.717) is 0 Å². The molecule has 1 aliphatic heterocycles. The van der Waals surface area contributed by atoms with Crippen LogP contribution in [0.3, 0.4) is 0 Å². The molecule has 0 N–H and O–H groups in total. The number of hydrogen-bond donors (Lipinski definition) is 0. The number of hydrogen-bond acceptors (Lipinski definition) is 2. The highest BCUT2D eigenvalue weighted by atomic mass is 19.4. The van der Waals surface area contributed by atoms with Crippen molar-refractivity contribution >= 4 is 5.71 Å². The van der Waals surface area contributed by atoms with E-state index in [2.05, 4.69) is 16.9 Å². The molecule has 2 nitrogen and oxygen atoms in total. The molecule has 0 saturated carbocycles. The van der Waals surface area contributed by atoms with Crippen molar-refractivity contribution in [3.63, 3.8) is 0 Å². The van der Waals surface area contributed by atoms with Gasteiger partial charge in [0.1, 0.15) is 5.75 Å². The first-order chi connectivity index (χ1) is 13.5. The zero-order chi connectivity index (χ0) is 19.6. The Bertz CT molecular complexity index is 961. The molecule has 3 aromatic carbocycles. The summed E-state index contributed by atoms with van der Waals surface area (Å²) in [6.45, 7) is 0. The molecule has 142 valence electrons. The molecule has 0 aromatic heterocycles. The van der Waals surface area contributed by atoms with Crippen LogP contribution >= 0.6 is 0 Å². The van der Waals surface area contributed by atoms with E-state index in [9.17, 15) is 13.2 Å². The Hall–Kier alpha value is -3.08. The fourth-order valence-electron chi connectivity index (χ4n) is 3.43. The molecule has 0 radical (unpaired) electrons. The lowest BCUT2D eigenvalue weighted by molar-refractivity contribution is -0.274. The number of rotatable bonds is 4. The summed E-state index contributed by atoms with van der Waals surface area (Å²) in [7, 11) is 0. The second-order valence-corrected chi connectivity index (χ2v) is 6.69. The minimum Gasteiger partial charge on any atom is -0.406 e. The van der Waals surface area contributed by atoms with Crippen molar-refractivity contribution < 1.29 is 17.9 Å². The van der Waals surface area contributed by atoms with Crippen LogP contribution in [-0.4, -0.2) is 12.1 Å². The smallest absolute Gasteiger partial charge is 0.406 e. The van der Waals surface area contributed by atoms with E-state index in [1.54, 1.807) is 12.1 Å². The van der Waals surface area contributed by atoms with Gasteiger partial charge in [0.05, 0.1) is 6.04 Å². The van der Waals surface area contributed by atoms with Gasteiger partial charge in [0.25, 0.3) is 0 Å². The van der Waals surface area contributed by atoms with Gasteiger partial charge in [0.15, 0.2) is 0 Å². The lowest BCUT2D eigenvalue weighted by Crippen LogP contribution is -2.16. The van der Waals surface area contributed by atoms with E-state index >= 15 is 0 Å². The maximum absolute atomic E-state index is 12.3. The molecular formula is C23H18F3NO. The molecule has 1 heterocycles. The van der Waals surface area contributed by atoms with Gasteiger partial charge in [-0.2, -0.15) is 0 Å². The number of halogens is 3. The van der Waals surface area contributed by atoms with Crippen LogP contribution in [0.1, 0.15) is 30.0 Å². The van der Waals surface area contributed by atoms with Crippen LogP contribution in [0.2, 0.25) is 0 Å². The molecule has 0 aliphatic carbocycles. The van der Waals surface area contributed by atoms with Gasteiger partial charge in [-0.25, -0.2) is 0 Å². The van der Waals surface area contributed by atoms with Crippen molar-refractivity contribution in [2.45, 2.75) is 25.2 Å². The first-order valence-electron chi connectivity index (χ1n) is 9.06. The Morgan fingerprint density at radius 2 is 1.36 bits per heavy atom. The van der Waals surface area contributed by atoms with Gasteiger partial charge in [-0.3, -0.25) is 4.99 Å². The van der Waals surface area contributed by atoms with Gasteiger partial charge in [-0.05, 0) is 47.2 Å². The van der Waals surface area contributed by atoms with Gasteiger partial charge in [0.2, 0.25) is 0 Å². The zero-order valence-electron chi connectivity index (χ0n) is 15.0. The van der Waals surface area contributed by atoms with Crippen LogP contribution in [0.5, 0.6) is 5.75 Å². The highest BCUT2D eigenvalue weighted by Gasteiger charge is 2.31. The molecule has 4 rings (SSSR count). The number of aliphatic imine (C=N–C) groups is 1. The molecule has 1 atom stereocenters. The molecule has 0 saturated heterocycles. The summed E-state index contributed by atoms with van der Waals surface area (Å²) in [6.07, 6.45) is -2.74. The fraction of sp³-hybridized carbons (Fsp3) is 0.174. The van der Waals surface area contributed by atoms with Crippen molar-refractivity contribution in [2.75, 3.05) is 0 Å². The molecule has 1 aliphatic rings. The average Bonchev–Trinajstić information content (AvgIpc) is 3.19. The summed E-state index contributed by atoms with van der Waals surface area (Å²) in [5, 5.41) is 0. The zero-order valence-corrected chi connectivity index (χ0v) is 15.0. The predicted octanol–water partition coefficient (Wildman–Crippen LogP) is 6.58. The maximum atomic E-state index is 12.3. The Labute approximate surface area is 161 Å². The summed E-state index contributed by atoms with van der Waals surface area (Å²) in [4.78, 5) is 4.87. The third kappa shape index (κ3) is 4.25. The van der Waals surface area contributed by atoms with Gasteiger partial charge in [-0.1, -0.05) is 66.7 Å². The Kier molecular flexibility index (Phi) is 4.90. The van der Waals surface area contributed by atoms with Crippen LogP contribution in [0, 0.1) is 0 Å². The summed E-state index contributed by atoms with van der Waals surface area (Å²) in [5.41, 5.74) is 5.22. The normalized spacial score (nSPS) is 16.7. The van der Waals surface area contributed by atoms with Crippen molar-refractivity contribution in [1.82, 2.24) is 0 Å². The second kappa shape index (κ2) is 7.50. The monoisotopic (exact) mass is 381 g/mol.